The minimum absolute atomic E-state index is 0.0823. The summed E-state index contributed by atoms with van der Waals surface area (Å²) < 4.78 is 6.36. The van der Waals surface area contributed by atoms with E-state index in [0.717, 1.165) is 39.4 Å². The van der Waals surface area contributed by atoms with Crippen molar-refractivity contribution < 1.29 is 4.42 Å². The molecule has 0 saturated carbocycles. The fourth-order valence-electron chi connectivity index (χ4n) is 8.09. The SMILES string of the molecule is CC1(C)c2ccccc2-c2ccc(N(c3ccc(-c4cc5ccc6cccc7oc(c4)c5c67)cc3)c3cccc4ccccc34)cc21. The standard InChI is InChI=1S/C45H31NO/c1-45(2)38-14-6-5-13-36(38)37-24-23-34(27-39(37)45)46(40-15-7-10-29-9-3-4-12-35(29)40)33-21-19-28(20-22-33)32-25-31-18-17-30-11-8-16-41-43(30)44(31)42(26-32)47-41/h3-27H,1-2H3. The summed E-state index contributed by atoms with van der Waals surface area (Å²) in [5, 5.41) is 7.31. The Morgan fingerprint density at radius 1 is 0.468 bits per heavy atom. The van der Waals surface area contributed by atoms with E-state index in [1.165, 1.54) is 54.6 Å². The Morgan fingerprint density at radius 2 is 1.17 bits per heavy atom. The Kier molecular flexibility index (Phi) is 5.37. The average Bonchev–Trinajstić information content (AvgIpc) is 3.60. The highest BCUT2D eigenvalue weighted by Crippen LogP contribution is 2.51. The third kappa shape index (κ3) is 3.79. The van der Waals surface area contributed by atoms with Crippen molar-refractivity contribution in [1.82, 2.24) is 0 Å². The topological polar surface area (TPSA) is 16.4 Å². The molecule has 1 aliphatic carbocycles. The molecular formula is C45H31NO. The molecule has 2 nitrogen and oxygen atoms in total. The van der Waals surface area contributed by atoms with Gasteiger partial charge in [-0.15, -0.1) is 0 Å². The van der Waals surface area contributed by atoms with Gasteiger partial charge in [-0.3, -0.25) is 0 Å². The largest absolute Gasteiger partial charge is 0.456 e. The molecule has 222 valence electrons. The zero-order valence-corrected chi connectivity index (χ0v) is 26.3. The van der Waals surface area contributed by atoms with E-state index in [9.17, 15) is 0 Å². The van der Waals surface area contributed by atoms with Crippen LogP contribution in [-0.4, -0.2) is 0 Å². The van der Waals surface area contributed by atoms with E-state index >= 15 is 0 Å². The van der Waals surface area contributed by atoms with Crippen molar-refractivity contribution in [2.75, 3.05) is 4.90 Å². The lowest BCUT2D eigenvalue weighted by molar-refractivity contribution is 0.660. The summed E-state index contributed by atoms with van der Waals surface area (Å²) >= 11 is 0. The fourth-order valence-corrected chi connectivity index (χ4v) is 8.09. The Hall–Kier alpha value is -5.86. The summed E-state index contributed by atoms with van der Waals surface area (Å²) in [5.74, 6) is 0. The maximum atomic E-state index is 6.36. The Labute approximate surface area is 273 Å². The zero-order valence-electron chi connectivity index (χ0n) is 26.3. The number of hydrogen-bond donors (Lipinski definition) is 0. The molecule has 0 amide bonds. The van der Waals surface area contributed by atoms with Crippen molar-refractivity contribution in [2.45, 2.75) is 19.3 Å². The van der Waals surface area contributed by atoms with E-state index in [-0.39, 0.29) is 5.41 Å². The molecule has 0 radical (unpaired) electrons. The van der Waals surface area contributed by atoms with Crippen molar-refractivity contribution in [3.63, 3.8) is 0 Å². The van der Waals surface area contributed by atoms with Crippen LogP contribution < -0.4 is 4.90 Å². The molecule has 0 unspecified atom stereocenters. The summed E-state index contributed by atoms with van der Waals surface area (Å²) in [6.07, 6.45) is 0. The highest BCUT2D eigenvalue weighted by molar-refractivity contribution is 6.22. The lowest BCUT2D eigenvalue weighted by atomic mass is 9.82. The van der Waals surface area contributed by atoms with E-state index in [2.05, 4.69) is 170 Å². The van der Waals surface area contributed by atoms with Gasteiger partial charge in [-0.1, -0.05) is 117 Å². The van der Waals surface area contributed by atoms with Gasteiger partial charge in [-0.2, -0.15) is 0 Å². The van der Waals surface area contributed by atoms with Gasteiger partial charge >= 0.3 is 0 Å². The summed E-state index contributed by atoms with van der Waals surface area (Å²) in [5.41, 5.74) is 13.0. The van der Waals surface area contributed by atoms with Gasteiger partial charge in [-0.25, -0.2) is 0 Å². The van der Waals surface area contributed by atoms with Crippen LogP contribution in [-0.2, 0) is 5.41 Å². The van der Waals surface area contributed by atoms with Crippen molar-refractivity contribution in [3.8, 4) is 22.3 Å². The van der Waals surface area contributed by atoms with Crippen molar-refractivity contribution in [3.05, 3.63) is 163 Å². The number of fused-ring (bicyclic) bond motifs is 4. The lowest BCUT2D eigenvalue weighted by Gasteiger charge is -2.29. The van der Waals surface area contributed by atoms with Gasteiger partial charge in [0.1, 0.15) is 11.2 Å². The molecule has 9 aromatic rings. The van der Waals surface area contributed by atoms with Gasteiger partial charge in [-0.05, 0) is 98.1 Å². The average molecular weight is 602 g/mol. The summed E-state index contributed by atoms with van der Waals surface area (Å²) in [7, 11) is 0. The van der Waals surface area contributed by atoms with Crippen LogP contribution in [0.1, 0.15) is 25.0 Å². The van der Waals surface area contributed by atoms with Crippen molar-refractivity contribution in [2.24, 2.45) is 0 Å². The Balaban J connectivity index is 1.13. The van der Waals surface area contributed by atoms with Gasteiger partial charge in [0.05, 0.1) is 5.69 Å². The van der Waals surface area contributed by atoms with E-state index in [1.54, 1.807) is 0 Å². The summed E-state index contributed by atoms with van der Waals surface area (Å²) in [6.45, 7) is 4.70. The number of hydrogen-bond acceptors (Lipinski definition) is 2. The molecule has 8 aromatic carbocycles. The molecule has 1 aromatic heterocycles. The molecule has 2 heteroatoms. The number of furan rings is 1. The lowest BCUT2D eigenvalue weighted by Crippen LogP contribution is -2.16. The molecule has 0 aliphatic heterocycles. The highest BCUT2D eigenvalue weighted by Gasteiger charge is 2.35. The third-order valence-corrected chi connectivity index (χ3v) is 10.4. The van der Waals surface area contributed by atoms with Crippen LogP contribution in [0.2, 0.25) is 0 Å². The normalized spacial score (nSPS) is 13.5. The molecule has 0 atom stereocenters. The van der Waals surface area contributed by atoms with E-state index in [1.807, 2.05) is 0 Å². The number of nitrogens with zero attached hydrogens (tertiary/aromatic N) is 1. The summed E-state index contributed by atoms with van der Waals surface area (Å²) in [4.78, 5) is 2.42. The van der Waals surface area contributed by atoms with E-state index < -0.39 is 0 Å². The van der Waals surface area contributed by atoms with Crippen LogP contribution in [0.25, 0.3) is 65.7 Å². The second-order valence-corrected chi connectivity index (χ2v) is 13.4. The quantitative estimate of drug-likeness (QED) is 0.187. The van der Waals surface area contributed by atoms with Gasteiger partial charge < -0.3 is 9.32 Å². The van der Waals surface area contributed by atoms with Crippen LogP contribution >= 0.6 is 0 Å². The third-order valence-electron chi connectivity index (χ3n) is 10.4. The maximum absolute atomic E-state index is 6.36. The van der Waals surface area contributed by atoms with Crippen molar-refractivity contribution >= 4 is 60.5 Å². The molecule has 0 spiro atoms. The highest BCUT2D eigenvalue weighted by atomic mass is 16.3. The molecule has 47 heavy (non-hydrogen) atoms. The monoisotopic (exact) mass is 601 g/mol. The first-order valence-electron chi connectivity index (χ1n) is 16.3. The smallest absolute Gasteiger partial charge is 0.136 e. The molecule has 0 N–H and O–H groups in total. The second-order valence-electron chi connectivity index (χ2n) is 13.4. The van der Waals surface area contributed by atoms with Crippen LogP contribution in [0, 0.1) is 0 Å². The first kappa shape index (κ1) is 26.4. The van der Waals surface area contributed by atoms with Crippen molar-refractivity contribution in [1.29, 1.82) is 0 Å². The zero-order chi connectivity index (χ0) is 31.3. The molecular weight excluding hydrogens is 571 g/mol. The minimum Gasteiger partial charge on any atom is -0.456 e. The molecule has 10 rings (SSSR count). The Morgan fingerprint density at radius 3 is 2.09 bits per heavy atom. The predicted molar refractivity (Wildman–Crippen MR) is 198 cm³/mol. The second kappa shape index (κ2) is 9.57. The van der Waals surface area contributed by atoms with Gasteiger partial charge in [0, 0.05) is 32.9 Å². The van der Waals surface area contributed by atoms with Crippen LogP contribution in [0.4, 0.5) is 17.1 Å². The molecule has 0 fully saturated rings. The minimum atomic E-state index is -0.0823. The van der Waals surface area contributed by atoms with E-state index in [4.69, 9.17) is 4.42 Å². The van der Waals surface area contributed by atoms with Gasteiger partial charge in [0.2, 0.25) is 0 Å². The van der Waals surface area contributed by atoms with Gasteiger partial charge in [0.15, 0.2) is 0 Å². The number of anilines is 3. The molecule has 0 saturated heterocycles. The van der Waals surface area contributed by atoms with Crippen LogP contribution in [0.15, 0.2) is 156 Å². The van der Waals surface area contributed by atoms with Crippen LogP contribution in [0.3, 0.4) is 0 Å². The van der Waals surface area contributed by atoms with Crippen LogP contribution in [0.5, 0.6) is 0 Å². The molecule has 1 heterocycles. The maximum Gasteiger partial charge on any atom is 0.136 e. The first-order valence-corrected chi connectivity index (χ1v) is 16.3. The van der Waals surface area contributed by atoms with E-state index in [0.29, 0.717) is 0 Å². The first-order chi connectivity index (χ1) is 23.0. The van der Waals surface area contributed by atoms with Gasteiger partial charge in [0.25, 0.3) is 0 Å². The Bertz CT molecular complexity index is 2650. The molecule has 1 aliphatic rings. The number of rotatable bonds is 4. The summed E-state index contributed by atoms with van der Waals surface area (Å²) in [6, 6.07) is 55.3. The predicted octanol–water partition coefficient (Wildman–Crippen LogP) is 12.8. The fraction of sp³-hybridized carbons (Fsp3) is 0.0667. The molecule has 0 bridgehead atoms. The number of benzene rings is 8.